The molecule has 4 rings (SSSR count). The number of esters is 1. The number of nitrogens with one attached hydrogen (secondary N) is 2. The SMILES string of the molecule is COC(=O)CCc1c(NC(=O)C(CSC(C)=O)C2CCc3cc(Br)ccc32)[nH]c2ccccc12. The lowest BCUT2D eigenvalue weighted by Crippen LogP contribution is -2.30. The molecule has 2 aromatic carbocycles. The van der Waals surface area contributed by atoms with Crippen molar-refractivity contribution < 1.29 is 19.1 Å². The molecule has 0 radical (unpaired) electrons. The fourth-order valence-corrected chi connectivity index (χ4v) is 5.94. The second-order valence-corrected chi connectivity index (χ2v) is 10.6. The van der Waals surface area contributed by atoms with Gasteiger partial charge in [0.05, 0.1) is 13.0 Å². The first-order valence-electron chi connectivity index (χ1n) is 11.3. The predicted octanol–water partition coefficient (Wildman–Crippen LogP) is 5.60. The molecule has 0 spiro atoms. The second kappa shape index (κ2) is 10.8. The minimum atomic E-state index is -0.365. The summed E-state index contributed by atoms with van der Waals surface area (Å²) in [6, 6.07) is 14.0. The molecule has 6 nitrogen and oxygen atoms in total. The van der Waals surface area contributed by atoms with Gasteiger partial charge in [0.1, 0.15) is 5.82 Å². The predicted molar refractivity (Wildman–Crippen MR) is 139 cm³/mol. The summed E-state index contributed by atoms with van der Waals surface area (Å²) in [6.45, 7) is 1.53. The normalized spacial score (nSPS) is 15.7. The summed E-state index contributed by atoms with van der Waals surface area (Å²) in [7, 11) is 1.37. The number of para-hydroxylation sites is 1. The van der Waals surface area contributed by atoms with Crippen molar-refractivity contribution in [3.8, 4) is 0 Å². The van der Waals surface area contributed by atoms with Gasteiger partial charge in [0, 0.05) is 40.0 Å². The Morgan fingerprint density at radius 1 is 1.24 bits per heavy atom. The Morgan fingerprint density at radius 2 is 2.03 bits per heavy atom. The van der Waals surface area contributed by atoms with E-state index in [1.165, 1.54) is 36.9 Å². The highest BCUT2D eigenvalue weighted by Gasteiger charge is 2.35. The van der Waals surface area contributed by atoms with Crippen molar-refractivity contribution >= 4 is 61.4 Å². The van der Waals surface area contributed by atoms with Gasteiger partial charge in [-0.25, -0.2) is 0 Å². The van der Waals surface area contributed by atoms with Crippen LogP contribution in [0.1, 0.15) is 42.4 Å². The van der Waals surface area contributed by atoms with Gasteiger partial charge in [0.2, 0.25) is 5.91 Å². The fraction of sp³-hybridized carbons (Fsp3) is 0.346. The highest BCUT2D eigenvalue weighted by atomic mass is 79.9. The number of benzene rings is 2. The van der Waals surface area contributed by atoms with Gasteiger partial charge in [-0.15, -0.1) is 0 Å². The third kappa shape index (κ3) is 5.39. The average molecular weight is 543 g/mol. The lowest BCUT2D eigenvalue weighted by Gasteiger charge is -2.23. The Bertz CT molecular complexity index is 1240. The summed E-state index contributed by atoms with van der Waals surface area (Å²) in [4.78, 5) is 40.5. The van der Waals surface area contributed by atoms with E-state index in [1.807, 2.05) is 30.3 Å². The Balaban J connectivity index is 1.63. The first-order valence-corrected chi connectivity index (χ1v) is 13.0. The van der Waals surface area contributed by atoms with Gasteiger partial charge in [-0.2, -0.15) is 0 Å². The number of amides is 1. The van der Waals surface area contributed by atoms with Crippen molar-refractivity contribution in [1.29, 1.82) is 0 Å². The molecule has 2 N–H and O–H groups in total. The van der Waals surface area contributed by atoms with Crippen LogP contribution in [0.15, 0.2) is 46.9 Å². The molecule has 178 valence electrons. The number of aryl methyl sites for hydroxylation is 2. The van der Waals surface area contributed by atoms with Gasteiger partial charge in [-0.05, 0) is 54.5 Å². The monoisotopic (exact) mass is 542 g/mol. The number of carbonyl (C=O) groups excluding carboxylic acids is 3. The van der Waals surface area contributed by atoms with Crippen LogP contribution in [-0.4, -0.2) is 34.8 Å². The van der Waals surface area contributed by atoms with Crippen LogP contribution >= 0.6 is 27.7 Å². The minimum absolute atomic E-state index is 0.00351. The molecular weight excluding hydrogens is 516 g/mol. The highest BCUT2D eigenvalue weighted by Crippen LogP contribution is 2.41. The van der Waals surface area contributed by atoms with Gasteiger partial charge in [-0.3, -0.25) is 14.4 Å². The Morgan fingerprint density at radius 3 is 2.79 bits per heavy atom. The van der Waals surface area contributed by atoms with Gasteiger partial charge in [0.15, 0.2) is 5.12 Å². The molecule has 1 aliphatic rings. The van der Waals surface area contributed by atoms with E-state index in [0.717, 1.165) is 33.8 Å². The van der Waals surface area contributed by atoms with Gasteiger partial charge >= 0.3 is 5.97 Å². The van der Waals surface area contributed by atoms with E-state index in [2.05, 4.69) is 38.4 Å². The van der Waals surface area contributed by atoms with E-state index in [0.29, 0.717) is 18.0 Å². The standard InChI is InChI=1S/C26H27BrN2O4S/c1-15(30)34-14-22(19-9-7-16-13-17(27)8-10-18(16)19)26(32)29-25-21(11-12-24(31)33-2)20-5-3-4-6-23(20)28-25/h3-6,8,10,13,19,22,28H,7,9,11-12,14H2,1-2H3,(H,29,32). The quantitative estimate of drug-likeness (QED) is 0.361. The van der Waals surface area contributed by atoms with Gasteiger partial charge in [0.25, 0.3) is 0 Å². The van der Waals surface area contributed by atoms with Crippen molar-refractivity contribution in [2.75, 3.05) is 18.2 Å². The maximum atomic E-state index is 13.7. The fourth-order valence-electron chi connectivity index (χ4n) is 4.73. The molecule has 0 fully saturated rings. The first-order chi connectivity index (χ1) is 16.4. The van der Waals surface area contributed by atoms with Crippen LogP contribution in [0.25, 0.3) is 10.9 Å². The molecule has 3 aromatic rings. The summed E-state index contributed by atoms with van der Waals surface area (Å²) in [5.74, 6) is 0.266. The molecule has 2 atom stereocenters. The van der Waals surface area contributed by atoms with E-state index in [9.17, 15) is 14.4 Å². The maximum Gasteiger partial charge on any atom is 0.305 e. The molecule has 8 heteroatoms. The molecule has 1 aromatic heterocycles. The number of thioether (sulfide) groups is 1. The molecule has 0 saturated heterocycles. The molecule has 1 aliphatic carbocycles. The average Bonchev–Trinajstić information content (AvgIpc) is 3.38. The topological polar surface area (TPSA) is 88.3 Å². The number of hydrogen-bond acceptors (Lipinski definition) is 5. The van der Waals surface area contributed by atoms with Crippen LogP contribution in [0.3, 0.4) is 0 Å². The molecule has 34 heavy (non-hydrogen) atoms. The summed E-state index contributed by atoms with van der Waals surface area (Å²) >= 11 is 4.72. The summed E-state index contributed by atoms with van der Waals surface area (Å²) in [5, 5.41) is 4.07. The Labute approximate surface area is 211 Å². The van der Waals surface area contributed by atoms with Gasteiger partial charge < -0.3 is 15.0 Å². The maximum absolute atomic E-state index is 13.7. The van der Waals surface area contributed by atoms with Crippen LogP contribution < -0.4 is 5.32 Å². The number of ether oxygens (including phenoxy) is 1. The smallest absolute Gasteiger partial charge is 0.305 e. The summed E-state index contributed by atoms with van der Waals surface area (Å²) < 4.78 is 5.84. The number of aromatic nitrogens is 1. The molecule has 0 saturated carbocycles. The number of aromatic amines is 1. The van der Waals surface area contributed by atoms with E-state index in [4.69, 9.17) is 4.74 Å². The van der Waals surface area contributed by atoms with Gasteiger partial charge in [-0.1, -0.05) is 52.0 Å². The highest BCUT2D eigenvalue weighted by molar-refractivity contribution is 9.10. The molecule has 2 unspecified atom stereocenters. The number of H-pyrrole nitrogens is 1. The number of halogens is 1. The van der Waals surface area contributed by atoms with E-state index < -0.39 is 0 Å². The molecular formula is C26H27BrN2O4S. The van der Waals surface area contributed by atoms with Crippen LogP contribution in [0.2, 0.25) is 0 Å². The molecule has 1 amide bonds. The van der Waals surface area contributed by atoms with E-state index >= 15 is 0 Å². The zero-order chi connectivity index (χ0) is 24.2. The minimum Gasteiger partial charge on any atom is -0.469 e. The number of rotatable bonds is 8. The Kier molecular flexibility index (Phi) is 7.78. The largest absolute Gasteiger partial charge is 0.469 e. The summed E-state index contributed by atoms with van der Waals surface area (Å²) in [5.41, 5.74) is 4.19. The van der Waals surface area contributed by atoms with Crippen molar-refractivity contribution in [3.05, 3.63) is 63.6 Å². The number of anilines is 1. The van der Waals surface area contributed by atoms with Crippen molar-refractivity contribution in [2.45, 2.75) is 38.5 Å². The van der Waals surface area contributed by atoms with Crippen LogP contribution in [0.5, 0.6) is 0 Å². The van der Waals surface area contributed by atoms with E-state index in [1.54, 1.807) is 0 Å². The number of fused-ring (bicyclic) bond motifs is 2. The van der Waals surface area contributed by atoms with Crippen molar-refractivity contribution in [1.82, 2.24) is 4.98 Å². The molecule has 0 bridgehead atoms. The number of hydrogen-bond donors (Lipinski definition) is 2. The number of carbonyl (C=O) groups is 3. The van der Waals surface area contributed by atoms with E-state index in [-0.39, 0.29) is 35.2 Å². The molecule has 1 heterocycles. The van der Waals surface area contributed by atoms with Crippen molar-refractivity contribution in [2.24, 2.45) is 5.92 Å². The second-order valence-electron chi connectivity index (χ2n) is 8.49. The summed E-state index contributed by atoms with van der Waals surface area (Å²) in [6.07, 6.45) is 2.43. The van der Waals surface area contributed by atoms with Crippen molar-refractivity contribution in [3.63, 3.8) is 0 Å². The lowest BCUT2D eigenvalue weighted by atomic mass is 9.87. The third-order valence-electron chi connectivity index (χ3n) is 6.39. The number of methoxy groups -OCH3 is 1. The lowest BCUT2D eigenvalue weighted by molar-refractivity contribution is -0.140. The van der Waals surface area contributed by atoms with Crippen LogP contribution in [0, 0.1) is 5.92 Å². The zero-order valence-electron chi connectivity index (χ0n) is 19.2. The zero-order valence-corrected chi connectivity index (χ0v) is 21.6. The molecule has 0 aliphatic heterocycles. The van der Waals surface area contributed by atoms with Crippen LogP contribution in [-0.2, 0) is 32.0 Å². The first kappa shape index (κ1) is 24.5. The Hall–Kier alpha value is -2.58. The third-order valence-corrected chi connectivity index (χ3v) is 7.81. The van der Waals surface area contributed by atoms with Crippen LogP contribution in [0.4, 0.5) is 5.82 Å².